The Kier molecular flexibility index (Phi) is 10.5. The summed E-state index contributed by atoms with van der Waals surface area (Å²) in [6, 6.07) is 16.0. The van der Waals surface area contributed by atoms with Gasteiger partial charge in [-0.05, 0) is 65.2 Å². The molecule has 4 aromatic carbocycles. The van der Waals surface area contributed by atoms with Crippen molar-refractivity contribution in [2.45, 2.75) is 31.9 Å². The second-order valence-corrected chi connectivity index (χ2v) is 14.3. The van der Waals surface area contributed by atoms with Crippen LogP contribution in [0.1, 0.15) is 11.3 Å². The van der Waals surface area contributed by atoms with Gasteiger partial charge in [-0.2, -0.15) is 28.4 Å². The van der Waals surface area contributed by atoms with Crippen molar-refractivity contribution >= 4 is 55.4 Å². The number of alkyl halides is 3. The van der Waals surface area contributed by atoms with Gasteiger partial charge in [0.2, 0.25) is 12.0 Å². The number of para-hydroxylation sites is 1. The molecule has 296 valence electrons. The molecule has 1 atom stereocenters. The number of rotatable bonds is 13. The average Bonchev–Trinajstić information content (AvgIpc) is 3.79. The molecule has 12 nitrogen and oxygen atoms in total. The van der Waals surface area contributed by atoms with Crippen LogP contribution in [0.2, 0.25) is 5.02 Å². The highest BCUT2D eigenvalue weighted by molar-refractivity contribution is 6.42. The van der Waals surface area contributed by atoms with Crippen LogP contribution < -0.4 is 14.2 Å². The Balaban J connectivity index is 1.13. The van der Waals surface area contributed by atoms with Crippen molar-refractivity contribution in [1.82, 2.24) is 34.2 Å². The first-order valence-corrected chi connectivity index (χ1v) is 18.5. The molecule has 0 saturated carbocycles. The van der Waals surface area contributed by atoms with Crippen molar-refractivity contribution in [1.29, 1.82) is 0 Å². The molecular formula is C40H36ClF4N7O5. The van der Waals surface area contributed by atoms with Crippen LogP contribution in [0.15, 0.2) is 79.4 Å². The number of nitrogens with zero attached hydrogens (tertiary/aromatic N) is 7. The van der Waals surface area contributed by atoms with Gasteiger partial charge in [0, 0.05) is 67.7 Å². The van der Waals surface area contributed by atoms with E-state index in [1.165, 1.54) is 35.2 Å². The third kappa shape index (κ3) is 7.97. The molecule has 1 saturated heterocycles. The molecule has 0 spiro atoms. The second kappa shape index (κ2) is 15.7. The average molecular weight is 806 g/mol. The number of ether oxygens (including phenoxy) is 3. The topological polar surface area (TPSA) is 119 Å². The minimum absolute atomic E-state index is 0.0340. The molecule has 8 rings (SSSR count). The number of halogens is 5. The Morgan fingerprint density at radius 2 is 1.72 bits per heavy atom. The van der Waals surface area contributed by atoms with Gasteiger partial charge in [0.05, 0.1) is 10.7 Å². The summed E-state index contributed by atoms with van der Waals surface area (Å²) >= 11 is 7.12. The number of hydrogen-bond acceptors (Lipinski definition) is 9. The molecule has 0 radical (unpaired) electrons. The van der Waals surface area contributed by atoms with Gasteiger partial charge < -0.3 is 24.2 Å². The van der Waals surface area contributed by atoms with E-state index in [1.54, 1.807) is 42.6 Å². The normalized spacial score (nSPS) is 14.8. The number of carbonyl (C=O) groups is 1. The van der Waals surface area contributed by atoms with Crippen molar-refractivity contribution in [2.75, 3.05) is 46.4 Å². The maximum absolute atomic E-state index is 14.9. The smallest absolute Gasteiger partial charge is 0.408 e. The molecule has 0 bridgehead atoms. The standard InChI is InChI=1S/C40H36ClF4N7O5/c1-49-12-14-50(15-13-49)16-17-55-32-9-8-28-34(36(32)41)29-19-25(42)6-7-27(29)30-20-51-37(35(28)30)38(46-23-48-51)57-33(39(53)54)18-24-4-2-3-5-31(24)56-21-26-10-11-47-52(26)22-40(43,44)45/h2-11,19-20,23,33H,12-18,21-22H2,1H3,(H,53,54). The zero-order valence-corrected chi connectivity index (χ0v) is 31.3. The number of benzene rings is 4. The summed E-state index contributed by atoms with van der Waals surface area (Å²) in [5.41, 5.74) is 0.975. The quantitative estimate of drug-likeness (QED) is 0.0963. The highest BCUT2D eigenvalue weighted by Gasteiger charge is 2.30. The summed E-state index contributed by atoms with van der Waals surface area (Å²) in [5, 5.41) is 22.5. The van der Waals surface area contributed by atoms with Crippen LogP contribution in [0.4, 0.5) is 17.6 Å². The number of aromatic nitrogens is 5. The SMILES string of the molecule is CN1CCN(CCOc2ccc3c(c2Cl)c2cc(F)ccc2c2cn4ncnc(OC(Cc5ccccc5OCc5ccnn5CC(F)(F)F)C(=O)O)c4c23)CC1. The van der Waals surface area contributed by atoms with Gasteiger partial charge in [-0.25, -0.2) is 13.7 Å². The molecule has 1 fully saturated rings. The number of piperazine rings is 1. The summed E-state index contributed by atoms with van der Waals surface area (Å²) in [4.78, 5) is 21.8. The fourth-order valence-corrected chi connectivity index (χ4v) is 7.60. The molecule has 57 heavy (non-hydrogen) atoms. The molecule has 7 aromatic rings. The highest BCUT2D eigenvalue weighted by Crippen LogP contribution is 2.45. The molecule has 4 heterocycles. The van der Waals surface area contributed by atoms with E-state index in [4.69, 9.17) is 25.8 Å². The Morgan fingerprint density at radius 1 is 0.930 bits per heavy atom. The molecule has 1 unspecified atom stereocenters. The predicted molar refractivity (Wildman–Crippen MR) is 205 cm³/mol. The van der Waals surface area contributed by atoms with Gasteiger partial charge in [-0.3, -0.25) is 9.58 Å². The number of aliphatic carboxylic acids is 1. The maximum Gasteiger partial charge on any atom is 0.408 e. The van der Waals surface area contributed by atoms with Crippen LogP contribution in [-0.4, -0.2) is 104 Å². The zero-order valence-electron chi connectivity index (χ0n) is 30.5. The van der Waals surface area contributed by atoms with E-state index in [9.17, 15) is 27.5 Å². The van der Waals surface area contributed by atoms with Crippen LogP contribution in [0.25, 0.3) is 37.8 Å². The van der Waals surface area contributed by atoms with E-state index >= 15 is 0 Å². The lowest BCUT2D eigenvalue weighted by atomic mass is 9.95. The number of hydrogen-bond donors (Lipinski definition) is 1. The lowest BCUT2D eigenvalue weighted by Crippen LogP contribution is -2.45. The van der Waals surface area contributed by atoms with Crippen molar-refractivity contribution in [3.8, 4) is 17.4 Å². The van der Waals surface area contributed by atoms with E-state index in [0.29, 0.717) is 67.3 Å². The van der Waals surface area contributed by atoms with E-state index < -0.39 is 30.6 Å². The summed E-state index contributed by atoms with van der Waals surface area (Å²) in [6.07, 6.45) is -1.92. The first-order chi connectivity index (χ1) is 27.4. The van der Waals surface area contributed by atoms with Gasteiger partial charge in [0.15, 0.2) is 0 Å². The van der Waals surface area contributed by atoms with E-state index in [0.717, 1.165) is 30.9 Å². The van der Waals surface area contributed by atoms with Crippen LogP contribution in [0.5, 0.6) is 17.4 Å². The van der Waals surface area contributed by atoms with Crippen LogP contribution in [0.3, 0.4) is 0 Å². The van der Waals surface area contributed by atoms with Gasteiger partial charge in [-0.15, -0.1) is 0 Å². The van der Waals surface area contributed by atoms with Crippen LogP contribution >= 0.6 is 11.6 Å². The van der Waals surface area contributed by atoms with Crippen molar-refractivity contribution in [2.24, 2.45) is 0 Å². The predicted octanol–water partition coefficient (Wildman–Crippen LogP) is 7.02. The van der Waals surface area contributed by atoms with Crippen LogP contribution in [0, 0.1) is 5.82 Å². The fourth-order valence-electron chi connectivity index (χ4n) is 7.28. The monoisotopic (exact) mass is 805 g/mol. The Bertz CT molecular complexity index is 2610. The molecule has 1 aliphatic rings. The van der Waals surface area contributed by atoms with E-state index in [2.05, 4.69) is 32.0 Å². The van der Waals surface area contributed by atoms with Gasteiger partial charge >= 0.3 is 12.1 Å². The molecule has 1 aliphatic heterocycles. The van der Waals surface area contributed by atoms with Gasteiger partial charge in [-0.1, -0.05) is 35.9 Å². The van der Waals surface area contributed by atoms with Crippen molar-refractivity contribution in [3.63, 3.8) is 0 Å². The summed E-state index contributed by atoms with van der Waals surface area (Å²) in [6.45, 7) is 3.42. The molecular weight excluding hydrogens is 770 g/mol. The molecule has 1 N–H and O–H groups in total. The number of carboxylic acids is 1. The summed E-state index contributed by atoms with van der Waals surface area (Å²) < 4.78 is 74.8. The lowest BCUT2D eigenvalue weighted by Gasteiger charge is -2.32. The van der Waals surface area contributed by atoms with Crippen molar-refractivity contribution in [3.05, 3.63) is 101 Å². The molecule has 3 aromatic heterocycles. The fraction of sp³-hybridized carbons (Fsp3) is 0.300. The summed E-state index contributed by atoms with van der Waals surface area (Å²) in [5.74, 6) is -1.08. The third-order valence-corrected chi connectivity index (χ3v) is 10.5. The largest absolute Gasteiger partial charge is 0.491 e. The maximum atomic E-state index is 14.9. The second-order valence-electron chi connectivity index (χ2n) is 13.9. The minimum Gasteiger partial charge on any atom is -0.491 e. The molecule has 0 aliphatic carbocycles. The minimum atomic E-state index is -4.48. The summed E-state index contributed by atoms with van der Waals surface area (Å²) in [7, 11) is 2.10. The Morgan fingerprint density at radius 3 is 2.51 bits per heavy atom. The number of likely N-dealkylation sites (N-methyl/N-ethyl adjacent to an activating group) is 1. The third-order valence-electron chi connectivity index (χ3n) is 10.1. The van der Waals surface area contributed by atoms with E-state index in [-0.39, 0.29) is 30.4 Å². The molecule has 17 heteroatoms. The van der Waals surface area contributed by atoms with Gasteiger partial charge in [0.25, 0.3) is 0 Å². The van der Waals surface area contributed by atoms with Gasteiger partial charge in [0.1, 0.15) is 48.9 Å². The first-order valence-electron chi connectivity index (χ1n) is 18.1. The first kappa shape index (κ1) is 38.2. The van der Waals surface area contributed by atoms with E-state index in [1.807, 2.05) is 6.07 Å². The Hall–Kier alpha value is -5.71. The number of carboxylic acid groups (broad SMARTS) is 1. The van der Waals surface area contributed by atoms with Crippen molar-refractivity contribution < 1.29 is 41.7 Å². The van der Waals surface area contributed by atoms with Crippen LogP contribution in [-0.2, 0) is 24.4 Å². The zero-order chi connectivity index (χ0) is 39.8. The molecule has 0 amide bonds. The highest BCUT2D eigenvalue weighted by atomic mass is 35.5. The lowest BCUT2D eigenvalue weighted by molar-refractivity contribution is -0.145. The number of fused-ring (bicyclic) bond motifs is 8. The Labute approximate surface area is 327 Å².